The summed E-state index contributed by atoms with van der Waals surface area (Å²) in [6, 6.07) is 14.4. The standard InChI is InChI=1S/C17H14ClN3O2/c1-21-14-8-7-12(18)9-13(14)16(22)15(20-21)17(23)19-10-11-5-3-2-4-6-11/h2-9H,10H2,1H3,(H,19,23). The number of carbonyl (C=O) groups excluding carboxylic acids is 1. The van der Waals surface area contributed by atoms with Crippen molar-refractivity contribution >= 4 is 28.4 Å². The van der Waals surface area contributed by atoms with Crippen molar-refractivity contribution < 1.29 is 4.79 Å². The van der Waals surface area contributed by atoms with Crippen molar-refractivity contribution in [2.24, 2.45) is 7.05 Å². The van der Waals surface area contributed by atoms with Crippen LogP contribution in [0, 0.1) is 0 Å². The summed E-state index contributed by atoms with van der Waals surface area (Å²) in [6.45, 7) is 0.331. The summed E-state index contributed by atoms with van der Waals surface area (Å²) in [5.74, 6) is -0.503. The second kappa shape index (κ2) is 6.22. The van der Waals surface area contributed by atoms with Gasteiger partial charge in [-0.05, 0) is 23.8 Å². The van der Waals surface area contributed by atoms with Gasteiger partial charge in [-0.25, -0.2) is 0 Å². The zero-order valence-corrected chi connectivity index (χ0v) is 13.2. The first-order chi connectivity index (χ1) is 11.1. The number of benzene rings is 2. The molecule has 1 N–H and O–H groups in total. The molecule has 0 radical (unpaired) electrons. The van der Waals surface area contributed by atoms with Crippen molar-refractivity contribution in [3.63, 3.8) is 0 Å². The topological polar surface area (TPSA) is 64.0 Å². The lowest BCUT2D eigenvalue weighted by Gasteiger charge is -2.09. The lowest BCUT2D eigenvalue weighted by atomic mass is 10.2. The number of amides is 1. The van der Waals surface area contributed by atoms with Gasteiger partial charge in [0.15, 0.2) is 5.69 Å². The second-order valence-electron chi connectivity index (χ2n) is 5.13. The third kappa shape index (κ3) is 3.10. The van der Waals surface area contributed by atoms with E-state index in [9.17, 15) is 9.59 Å². The Morgan fingerprint density at radius 1 is 1.22 bits per heavy atom. The van der Waals surface area contributed by atoms with Crippen LogP contribution in [0.2, 0.25) is 5.02 Å². The third-order valence-corrected chi connectivity index (χ3v) is 3.76. The number of nitrogens with zero attached hydrogens (tertiary/aromatic N) is 2. The van der Waals surface area contributed by atoms with Crippen molar-refractivity contribution in [2.45, 2.75) is 6.54 Å². The molecule has 1 aromatic heterocycles. The molecule has 3 aromatic rings. The summed E-state index contributed by atoms with van der Waals surface area (Å²) < 4.78 is 1.50. The van der Waals surface area contributed by atoms with Crippen LogP contribution in [0.25, 0.3) is 10.9 Å². The van der Waals surface area contributed by atoms with Gasteiger partial charge in [-0.15, -0.1) is 0 Å². The normalized spacial score (nSPS) is 10.7. The molecule has 0 atom stereocenters. The van der Waals surface area contributed by atoms with Gasteiger partial charge >= 0.3 is 0 Å². The lowest BCUT2D eigenvalue weighted by Crippen LogP contribution is -2.31. The van der Waals surface area contributed by atoms with Crippen molar-refractivity contribution in [3.05, 3.63) is 75.0 Å². The van der Waals surface area contributed by atoms with Crippen molar-refractivity contribution in [2.75, 3.05) is 0 Å². The van der Waals surface area contributed by atoms with Gasteiger partial charge in [-0.1, -0.05) is 41.9 Å². The molecular weight excluding hydrogens is 314 g/mol. The molecule has 0 fully saturated rings. The zero-order chi connectivity index (χ0) is 16.4. The van der Waals surface area contributed by atoms with E-state index in [1.165, 1.54) is 4.68 Å². The number of aryl methyl sites for hydroxylation is 1. The van der Waals surface area contributed by atoms with E-state index in [1.807, 2.05) is 30.3 Å². The molecule has 0 aliphatic carbocycles. The quantitative estimate of drug-likeness (QED) is 0.804. The molecule has 0 aliphatic rings. The van der Waals surface area contributed by atoms with E-state index < -0.39 is 11.3 Å². The van der Waals surface area contributed by atoms with Crippen LogP contribution in [-0.2, 0) is 13.6 Å². The molecule has 0 unspecified atom stereocenters. The van der Waals surface area contributed by atoms with Gasteiger partial charge in [0.25, 0.3) is 5.91 Å². The summed E-state index contributed by atoms with van der Waals surface area (Å²) in [4.78, 5) is 24.8. The Kier molecular flexibility index (Phi) is 4.12. The van der Waals surface area contributed by atoms with E-state index in [1.54, 1.807) is 25.2 Å². The van der Waals surface area contributed by atoms with E-state index in [0.717, 1.165) is 5.56 Å². The predicted octanol–water partition coefficient (Wildman–Crippen LogP) is 2.52. The summed E-state index contributed by atoms with van der Waals surface area (Å²) in [5, 5.41) is 7.62. The molecule has 0 spiro atoms. The Hall–Kier alpha value is -2.66. The van der Waals surface area contributed by atoms with Crippen LogP contribution in [0.15, 0.2) is 53.3 Å². The number of hydrogen-bond acceptors (Lipinski definition) is 3. The molecule has 3 rings (SSSR count). The monoisotopic (exact) mass is 327 g/mol. The Morgan fingerprint density at radius 2 is 1.96 bits per heavy atom. The molecule has 0 bridgehead atoms. The van der Waals surface area contributed by atoms with Crippen LogP contribution in [0.4, 0.5) is 0 Å². The van der Waals surface area contributed by atoms with Crippen molar-refractivity contribution in [1.29, 1.82) is 0 Å². The maximum Gasteiger partial charge on any atom is 0.276 e. The summed E-state index contributed by atoms with van der Waals surface area (Å²) in [6.07, 6.45) is 0. The fourth-order valence-corrected chi connectivity index (χ4v) is 2.53. The lowest BCUT2D eigenvalue weighted by molar-refractivity contribution is 0.0943. The molecule has 0 saturated carbocycles. The minimum absolute atomic E-state index is 0.141. The van der Waals surface area contributed by atoms with Crippen molar-refractivity contribution in [1.82, 2.24) is 15.1 Å². The smallest absolute Gasteiger partial charge is 0.276 e. The Labute approximate surface area is 137 Å². The van der Waals surface area contributed by atoms with E-state index in [2.05, 4.69) is 10.4 Å². The molecular formula is C17H14ClN3O2. The van der Waals surface area contributed by atoms with Gasteiger partial charge in [-0.2, -0.15) is 5.10 Å². The number of nitrogens with one attached hydrogen (secondary N) is 1. The average molecular weight is 328 g/mol. The van der Waals surface area contributed by atoms with Crippen LogP contribution in [0.5, 0.6) is 0 Å². The van der Waals surface area contributed by atoms with Crippen LogP contribution < -0.4 is 10.7 Å². The van der Waals surface area contributed by atoms with E-state index in [4.69, 9.17) is 11.6 Å². The summed E-state index contributed by atoms with van der Waals surface area (Å²) >= 11 is 5.95. The van der Waals surface area contributed by atoms with Gasteiger partial charge in [0.1, 0.15) is 0 Å². The molecule has 5 nitrogen and oxygen atoms in total. The van der Waals surface area contributed by atoms with Gasteiger partial charge in [0.2, 0.25) is 5.43 Å². The number of hydrogen-bond donors (Lipinski definition) is 1. The first-order valence-electron chi connectivity index (χ1n) is 7.05. The fourth-order valence-electron chi connectivity index (χ4n) is 2.36. The van der Waals surface area contributed by atoms with Gasteiger partial charge in [0.05, 0.1) is 10.9 Å². The first kappa shape index (κ1) is 15.2. The number of halogens is 1. The largest absolute Gasteiger partial charge is 0.346 e. The molecule has 0 aliphatic heterocycles. The fraction of sp³-hybridized carbons (Fsp3) is 0.118. The number of rotatable bonds is 3. The zero-order valence-electron chi connectivity index (χ0n) is 12.4. The SMILES string of the molecule is Cn1nc(C(=O)NCc2ccccc2)c(=O)c2cc(Cl)ccc21. The van der Waals surface area contributed by atoms with Gasteiger partial charge in [0, 0.05) is 18.6 Å². The Morgan fingerprint density at radius 3 is 2.70 bits per heavy atom. The second-order valence-corrected chi connectivity index (χ2v) is 5.57. The predicted molar refractivity (Wildman–Crippen MR) is 89.6 cm³/mol. The highest BCUT2D eigenvalue weighted by Crippen LogP contribution is 2.15. The highest BCUT2D eigenvalue weighted by molar-refractivity contribution is 6.31. The van der Waals surface area contributed by atoms with Crippen molar-refractivity contribution in [3.8, 4) is 0 Å². The van der Waals surface area contributed by atoms with E-state index in [0.29, 0.717) is 22.5 Å². The van der Waals surface area contributed by atoms with Gasteiger partial charge in [-0.3, -0.25) is 14.3 Å². The Bertz CT molecular complexity index is 936. The highest BCUT2D eigenvalue weighted by Gasteiger charge is 2.16. The average Bonchev–Trinajstić information content (AvgIpc) is 2.56. The van der Waals surface area contributed by atoms with Crippen LogP contribution in [0.3, 0.4) is 0 Å². The van der Waals surface area contributed by atoms with Crippen LogP contribution >= 0.6 is 11.6 Å². The van der Waals surface area contributed by atoms with Gasteiger partial charge < -0.3 is 5.32 Å². The third-order valence-electron chi connectivity index (χ3n) is 3.53. The number of fused-ring (bicyclic) bond motifs is 1. The molecule has 1 amide bonds. The maximum absolute atomic E-state index is 12.5. The molecule has 116 valence electrons. The minimum Gasteiger partial charge on any atom is -0.346 e. The Balaban J connectivity index is 1.94. The highest BCUT2D eigenvalue weighted by atomic mass is 35.5. The molecule has 1 heterocycles. The van der Waals surface area contributed by atoms with E-state index in [-0.39, 0.29) is 5.69 Å². The maximum atomic E-state index is 12.5. The molecule has 0 saturated heterocycles. The number of carbonyl (C=O) groups is 1. The van der Waals surface area contributed by atoms with Crippen LogP contribution in [-0.4, -0.2) is 15.7 Å². The molecule has 6 heteroatoms. The summed E-state index contributed by atoms with van der Waals surface area (Å²) in [5.41, 5.74) is 1.00. The number of aromatic nitrogens is 2. The summed E-state index contributed by atoms with van der Waals surface area (Å²) in [7, 11) is 1.68. The molecule has 23 heavy (non-hydrogen) atoms. The minimum atomic E-state index is -0.503. The van der Waals surface area contributed by atoms with E-state index >= 15 is 0 Å². The van der Waals surface area contributed by atoms with Crippen LogP contribution in [0.1, 0.15) is 16.1 Å². The first-order valence-corrected chi connectivity index (χ1v) is 7.43. The molecule has 2 aromatic carbocycles.